The lowest BCUT2D eigenvalue weighted by atomic mass is 10.0. The van der Waals surface area contributed by atoms with E-state index in [2.05, 4.69) is 10.6 Å². The molecule has 0 radical (unpaired) electrons. The first-order chi connectivity index (χ1) is 9.04. The van der Waals surface area contributed by atoms with Crippen LogP contribution in [0.5, 0.6) is 0 Å². The summed E-state index contributed by atoms with van der Waals surface area (Å²) in [6, 6.07) is 5.10. The fourth-order valence-electron chi connectivity index (χ4n) is 2.46. The molecule has 1 amide bonds. The molecule has 5 heteroatoms. The monoisotopic (exact) mass is 263 g/mol. The molecule has 1 saturated carbocycles. The van der Waals surface area contributed by atoms with Crippen LogP contribution in [0.2, 0.25) is 0 Å². The van der Waals surface area contributed by atoms with Crippen LogP contribution >= 0.6 is 0 Å². The molecule has 19 heavy (non-hydrogen) atoms. The van der Waals surface area contributed by atoms with Gasteiger partial charge in [-0.05, 0) is 31.0 Å². The van der Waals surface area contributed by atoms with Crippen LogP contribution in [0.4, 0.5) is 11.4 Å². The van der Waals surface area contributed by atoms with E-state index in [9.17, 15) is 9.90 Å². The van der Waals surface area contributed by atoms with Gasteiger partial charge in [-0.25, -0.2) is 0 Å². The van der Waals surface area contributed by atoms with E-state index < -0.39 is 5.60 Å². The predicted octanol–water partition coefficient (Wildman–Crippen LogP) is 1.35. The third-order valence-electron chi connectivity index (χ3n) is 3.68. The average Bonchev–Trinajstić information content (AvgIpc) is 2.84. The van der Waals surface area contributed by atoms with Crippen molar-refractivity contribution in [2.75, 3.05) is 24.6 Å². The van der Waals surface area contributed by atoms with Gasteiger partial charge in [0.05, 0.1) is 17.0 Å². The lowest BCUT2D eigenvalue weighted by Crippen LogP contribution is -2.33. The average molecular weight is 263 g/mol. The van der Waals surface area contributed by atoms with Crippen LogP contribution in [0, 0.1) is 0 Å². The third-order valence-corrected chi connectivity index (χ3v) is 3.68. The highest BCUT2D eigenvalue weighted by Crippen LogP contribution is 2.30. The Morgan fingerprint density at radius 3 is 2.74 bits per heavy atom. The van der Waals surface area contributed by atoms with Crippen molar-refractivity contribution in [1.29, 1.82) is 0 Å². The van der Waals surface area contributed by atoms with Crippen molar-refractivity contribution in [3.05, 3.63) is 23.8 Å². The summed E-state index contributed by atoms with van der Waals surface area (Å²) in [5, 5.41) is 16.0. The molecule has 104 valence electrons. The quantitative estimate of drug-likeness (QED) is 0.617. The van der Waals surface area contributed by atoms with Crippen LogP contribution in [0.1, 0.15) is 36.0 Å². The molecule has 0 bridgehead atoms. The number of nitrogens with one attached hydrogen (secondary N) is 2. The molecule has 5 nitrogen and oxygen atoms in total. The summed E-state index contributed by atoms with van der Waals surface area (Å²) < 4.78 is 0. The lowest BCUT2D eigenvalue weighted by Gasteiger charge is -2.23. The van der Waals surface area contributed by atoms with Crippen molar-refractivity contribution in [2.24, 2.45) is 0 Å². The molecule has 1 aromatic rings. The van der Waals surface area contributed by atoms with Gasteiger partial charge in [0.15, 0.2) is 0 Å². The number of anilines is 2. The van der Waals surface area contributed by atoms with Gasteiger partial charge < -0.3 is 21.5 Å². The van der Waals surface area contributed by atoms with E-state index in [-0.39, 0.29) is 5.91 Å². The highest BCUT2D eigenvalue weighted by molar-refractivity contribution is 5.96. The highest BCUT2D eigenvalue weighted by Gasteiger charge is 2.30. The minimum absolute atomic E-state index is 0.150. The van der Waals surface area contributed by atoms with Crippen molar-refractivity contribution < 1.29 is 9.90 Å². The maximum Gasteiger partial charge on any atom is 0.251 e. The normalized spacial score (nSPS) is 17.2. The van der Waals surface area contributed by atoms with Gasteiger partial charge in [-0.2, -0.15) is 0 Å². The summed E-state index contributed by atoms with van der Waals surface area (Å²) in [6.45, 7) is 0.467. The molecular formula is C14H21N3O2. The number of rotatable bonds is 4. The number of hydrogen-bond donors (Lipinski definition) is 4. The number of benzene rings is 1. The molecule has 0 unspecified atom stereocenters. The Morgan fingerprint density at radius 1 is 1.42 bits per heavy atom. The maximum atomic E-state index is 11.6. The van der Waals surface area contributed by atoms with Gasteiger partial charge >= 0.3 is 0 Å². The zero-order valence-corrected chi connectivity index (χ0v) is 11.2. The Hall–Kier alpha value is -1.75. The number of carbonyl (C=O) groups is 1. The summed E-state index contributed by atoms with van der Waals surface area (Å²) in [5.74, 6) is -0.150. The summed E-state index contributed by atoms with van der Waals surface area (Å²) in [6.07, 6.45) is 3.75. The second-order valence-corrected chi connectivity index (χ2v) is 5.17. The van der Waals surface area contributed by atoms with Crippen molar-refractivity contribution in [1.82, 2.24) is 5.32 Å². The smallest absolute Gasteiger partial charge is 0.251 e. The summed E-state index contributed by atoms with van der Waals surface area (Å²) in [5.41, 5.74) is 7.07. The number of nitrogen functional groups attached to an aromatic ring is 1. The molecular weight excluding hydrogens is 242 g/mol. The van der Waals surface area contributed by atoms with Gasteiger partial charge in [0.2, 0.25) is 0 Å². The second-order valence-electron chi connectivity index (χ2n) is 5.17. The van der Waals surface area contributed by atoms with Gasteiger partial charge in [0, 0.05) is 19.2 Å². The van der Waals surface area contributed by atoms with E-state index in [1.807, 2.05) is 0 Å². The molecule has 1 aliphatic rings. The zero-order valence-electron chi connectivity index (χ0n) is 11.2. The standard InChI is InChI=1S/C14H21N3O2/c1-16-13(18)10-4-5-11(15)12(8-10)17-9-14(19)6-2-3-7-14/h4-5,8,17,19H,2-3,6-7,9,15H2,1H3,(H,16,18). The fraction of sp³-hybridized carbons (Fsp3) is 0.500. The van der Waals surface area contributed by atoms with Gasteiger partial charge in [-0.3, -0.25) is 4.79 Å². The van der Waals surface area contributed by atoms with Crippen molar-refractivity contribution in [3.63, 3.8) is 0 Å². The minimum atomic E-state index is -0.643. The molecule has 1 fully saturated rings. The molecule has 0 aromatic heterocycles. The minimum Gasteiger partial charge on any atom is -0.397 e. The van der Waals surface area contributed by atoms with Gasteiger partial charge in [-0.15, -0.1) is 0 Å². The largest absolute Gasteiger partial charge is 0.397 e. The summed E-state index contributed by atoms with van der Waals surface area (Å²) in [7, 11) is 1.59. The van der Waals surface area contributed by atoms with Crippen molar-refractivity contribution in [3.8, 4) is 0 Å². The van der Waals surface area contributed by atoms with Crippen LogP contribution in [-0.4, -0.2) is 30.2 Å². The van der Waals surface area contributed by atoms with E-state index in [1.165, 1.54) is 0 Å². The van der Waals surface area contributed by atoms with E-state index in [1.54, 1.807) is 25.2 Å². The first kappa shape index (κ1) is 13.7. The first-order valence-electron chi connectivity index (χ1n) is 6.62. The second kappa shape index (κ2) is 5.48. The topological polar surface area (TPSA) is 87.4 Å². The van der Waals surface area contributed by atoms with Gasteiger partial charge in [0.25, 0.3) is 5.91 Å². The molecule has 0 saturated heterocycles. The van der Waals surface area contributed by atoms with E-state index in [4.69, 9.17) is 5.73 Å². The van der Waals surface area contributed by atoms with Crippen molar-refractivity contribution in [2.45, 2.75) is 31.3 Å². The lowest BCUT2D eigenvalue weighted by molar-refractivity contribution is 0.0615. The van der Waals surface area contributed by atoms with Crippen LogP contribution in [0.3, 0.4) is 0 Å². The van der Waals surface area contributed by atoms with Crippen LogP contribution in [0.15, 0.2) is 18.2 Å². The molecule has 0 aliphatic heterocycles. The number of nitrogens with two attached hydrogens (primary N) is 1. The molecule has 0 heterocycles. The summed E-state index contributed by atoms with van der Waals surface area (Å²) >= 11 is 0. The van der Waals surface area contributed by atoms with Crippen LogP contribution < -0.4 is 16.4 Å². The predicted molar refractivity (Wildman–Crippen MR) is 76.2 cm³/mol. The zero-order chi connectivity index (χ0) is 13.9. The molecule has 5 N–H and O–H groups in total. The Kier molecular flexibility index (Phi) is 3.95. The molecule has 0 atom stereocenters. The van der Waals surface area contributed by atoms with Crippen LogP contribution in [-0.2, 0) is 0 Å². The molecule has 1 aromatic carbocycles. The van der Waals surface area contributed by atoms with E-state index in [0.717, 1.165) is 25.7 Å². The number of amides is 1. The molecule has 1 aliphatic carbocycles. The van der Waals surface area contributed by atoms with Gasteiger partial charge in [0.1, 0.15) is 0 Å². The SMILES string of the molecule is CNC(=O)c1ccc(N)c(NCC2(O)CCCC2)c1. The number of aliphatic hydroxyl groups is 1. The number of carbonyl (C=O) groups excluding carboxylic acids is 1. The molecule has 0 spiro atoms. The first-order valence-corrected chi connectivity index (χ1v) is 6.62. The highest BCUT2D eigenvalue weighted by atomic mass is 16.3. The Labute approximate surface area is 113 Å². The Morgan fingerprint density at radius 2 is 2.11 bits per heavy atom. The third kappa shape index (κ3) is 3.17. The molecule has 2 rings (SSSR count). The Balaban J connectivity index is 2.08. The van der Waals surface area contributed by atoms with E-state index >= 15 is 0 Å². The fourth-order valence-corrected chi connectivity index (χ4v) is 2.46. The van der Waals surface area contributed by atoms with Gasteiger partial charge in [-0.1, -0.05) is 12.8 Å². The number of hydrogen-bond acceptors (Lipinski definition) is 4. The van der Waals surface area contributed by atoms with E-state index in [0.29, 0.717) is 23.5 Å². The maximum absolute atomic E-state index is 11.6. The Bertz CT molecular complexity index is 468. The van der Waals surface area contributed by atoms with Crippen LogP contribution in [0.25, 0.3) is 0 Å². The van der Waals surface area contributed by atoms with Crippen molar-refractivity contribution >= 4 is 17.3 Å². The summed E-state index contributed by atoms with van der Waals surface area (Å²) in [4.78, 5) is 11.6.